The predicted molar refractivity (Wildman–Crippen MR) is 112 cm³/mol. The van der Waals surface area contributed by atoms with Gasteiger partial charge in [-0.3, -0.25) is 14.5 Å². The van der Waals surface area contributed by atoms with E-state index < -0.39 is 0 Å². The molecule has 7 nitrogen and oxygen atoms in total. The lowest BCUT2D eigenvalue weighted by Crippen LogP contribution is -2.59. The van der Waals surface area contributed by atoms with Crippen LogP contribution in [-0.2, 0) is 9.59 Å². The standard InChI is InChI=1S/C22H32N4O3/c1-29-19-8-6-17(7-9-19)24-12-14-25(15-13-24)21(27)16-20-22(28)23-10-11-26(20)18-4-2-3-5-18/h6-9,18,20H,2-5,10-16H2,1H3,(H,23,28)/t20-/m1/s1. The molecule has 0 bridgehead atoms. The molecule has 2 saturated heterocycles. The van der Waals surface area contributed by atoms with Gasteiger partial charge < -0.3 is 19.9 Å². The molecule has 2 aliphatic heterocycles. The summed E-state index contributed by atoms with van der Waals surface area (Å²) in [5, 5.41) is 2.96. The second kappa shape index (κ2) is 9.03. The molecule has 1 aromatic carbocycles. The van der Waals surface area contributed by atoms with Crippen LogP contribution in [0.2, 0.25) is 0 Å². The number of nitrogens with one attached hydrogen (secondary N) is 1. The van der Waals surface area contributed by atoms with Crippen LogP contribution in [0.15, 0.2) is 24.3 Å². The number of rotatable bonds is 5. The Hall–Kier alpha value is -2.28. The van der Waals surface area contributed by atoms with Crippen LogP contribution in [0.3, 0.4) is 0 Å². The predicted octanol–water partition coefficient (Wildman–Crippen LogP) is 1.48. The van der Waals surface area contributed by atoms with Gasteiger partial charge in [0.05, 0.1) is 19.6 Å². The summed E-state index contributed by atoms with van der Waals surface area (Å²) in [6.07, 6.45) is 5.06. The minimum atomic E-state index is -0.307. The lowest BCUT2D eigenvalue weighted by atomic mass is 10.0. The first-order chi connectivity index (χ1) is 14.2. The lowest BCUT2D eigenvalue weighted by Gasteiger charge is -2.41. The van der Waals surface area contributed by atoms with Gasteiger partial charge >= 0.3 is 0 Å². The fraction of sp³-hybridized carbons (Fsp3) is 0.636. The van der Waals surface area contributed by atoms with E-state index in [1.54, 1.807) is 7.11 Å². The summed E-state index contributed by atoms with van der Waals surface area (Å²) in [7, 11) is 1.67. The minimum Gasteiger partial charge on any atom is -0.497 e. The number of piperazine rings is 2. The Morgan fingerprint density at radius 3 is 2.41 bits per heavy atom. The van der Waals surface area contributed by atoms with E-state index in [1.807, 2.05) is 17.0 Å². The molecule has 7 heteroatoms. The van der Waals surface area contributed by atoms with E-state index in [4.69, 9.17) is 4.74 Å². The van der Waals surface area contributed by atoms with Gasteiger partial charge in [0, 0.05) is 51.0 Å². The Balaban J connectivity index is 1.33. The van der Waals surface area contributed by atoms with Crippen molar-refractivity contribution in [3.05, 3.63) is 24.3 Å². The molecule has 1 saturated carbocycles. The quantitative estimate of drug-likeness (QED) is 0.811. The molecule has 0 radical (unpaired) electrons. The normalized spacial score (nSPS) is 23.9. The fourth-order valence-corrected chi connectivity index (χ4v) is 4.92. The molecular weight excluding hydrogens is 368 g/mol. The van der Waals surface area contributed by atoms with Gasteiger partial charge in [0.15, 0.2) is 0 Å². The van der Waals surface area contributed by atoms with Crippen LogP contribution in [0.4, 0.5) is 5.69 Å². The molecule has 2 heterocycles. The van der Waals surface area contributed by atoms with E-state index >= 15 is 0 Å². The van der Waals surface area contributed by atoms with Crippen molar-refractivity contribution in [3.63, 3.8) is 0 Å². The highest BCUT2D eigenvalue weighted by Crippen LogP contribution is 2.27. The van der Waals surface area contributed by atoms with Gasteiger partial charge in [0.1, 0.15) is 5.75 Å². The zero-order valence-corrected chi connectivity index (χ0v) is 17.3. The Labute approximate surface area is 173 Å². The third kappa shape index (κ3) is 4.50. The van der Waals surface area contributed by atoms with Crippen LogP contribution in [-0.4, -0.2) is 80.1 Å². The highest BCUT2D eigenvalue weighted by Gasteiger charge is 2.37. The Morgan fingerprint density at radius 1 is 1.07 bits per heavy atom. The van der Waals surface area contributed by atoms with Crippen molar-refractivity contribution in [1.82, 2.24) is 15.1 Å². The summed E-state index contributed by atoms with van der Waals surface area (Å²) in [5.41, 5.74) is 1.15. The number of methoxy groups -OCH3 is 1. The van der Waals surface area contributed by atoms with Gasteiger partial charge in [-0.2, -0.15) is 0 Å². The van der Waals surface area contributed by atoms with E-state index in [2.05, 4.69) is 27.2 Å². The van der Waals surface area contributed by atoms with Gasteiger partial charge in [0.2, 0.25) is 11.8 Å². The van der Waals surface area contributed by atoms with Gasteiger partial charge in [-0.1, -0.05) is 12.8 Å². The Morgan fingerprint density at radius 2 is 1.76 bits per heavy atom. The summed E-state index contributed by atoms with van der Waals surface area (Å²) in [5.74, 6) is 0.970. The van der Waals surface area contributed by atoms with Crippen molar-refractivity contribution in [2.45, 2.75) is 44.2 Å². The molecule has 1 aromatic rings. The van der Waals surface area contributed by atoms with Gasteiger partial charge in [0.25, 0.3) is 0 Å². The van der Waals surface area contributed by atoms with Crippen molar-refractivity contribution in [2.24, 2.45) is 0 Å². The summed E-state index contributed by atoms with van der Waals surface area (Å²) >= 11 is 0. The first kappa shape index (κ1) is 20.0. The number of hydrogen-bond donors (Lipinski definition) is 1. The molecule has 158 valence electrons. The summed E-state index contributed by atoms with van der Waals surface area (Å²) in [6.45, 7) is 4.56. The topological polar surface area (TPSA) is 65.1 Å². The van der Waals surface area contributed by atoms with Gasteiger partial charge in [-0.15, -0.1) is 0 Å². The maximum absolute atomic E-state index is 13.0. The molecule has 29 heavy (non-hydrogen) atoms. The van der Waals surface area contributed by atoms with Crippen LogP contribution in [0.25, 0.3) is 0 Å². The third-order valence-electron chi connectivity index (χ3n) is 6.60. The number of hydrogen-bond acceptors (Lipinski definition) is 5. The molecular formula is C22H32N4O3. The minimum absolute atomic E-state index is 0.0216. The first-order valence-corrected chi connectivity index (χ1v) is 10.9. The maximum atomic E-state index is 13.0. The zero-order valence-electron chi connectivity index (χ0n) is 17.3. The molecule has 4 rings (SSSR count). The number of carbonyl (C=O) groups is 2. The molecule has 0 spiro atoms. The average molecular weight is 401 g/mol. The highest BCUT2D eigenvalue weighted by atomic mass is 16.5. The number of amides is 2. The monoisotopic (exact) mass is 400 g/mol. The van der Waals surface area contributed by atoms with Crippen molar-refractivity contribution in [3.8, 4) is 5.75 Å². The van der Waals surface area contributed by atoms with Crippen LogP contribution in [0, 0.1) is 0 Å². The molecule has 1 atom stereocenters. The number of ether oxygens (including phenoxy) is 1. The van der Waals surface area contributed by atoms with Crippen LogP contribution >= 0.6 is 0 Å². The third-order valence-corrected chi connectivity index (χ3v) is 6.60. The largest absolute Gasteiger partial charge is 0.497 e. The van der Waals surface area contributed by atoms with Crippen LogP contribution in [0.1, 0.15) is 32.1 Å². The maximum Gasteiger partial charge on any atom is 0.237 e. The summed E-state index contributed by atoms with van der Waals surface area (Å²) in [4.78, 5) is 32.0. The van der Waals surface area contributed by atoms with Crippen molar-refractivity contribution in [1.29, 1.82) is 0 Å². The molecule has 3 fully saturated rings. The SMILES string of the molecule is COc1ccc(N2CCN(C(=O)C[C@@H]3C(=O)NCCN3C3CCCC3)CC2)cc1. The Kier molecular flexibility index (Phi) is 6.23. The zero-order chi connectivity index (χ0) is 20.2. The van der Waals surface area contributed by atoms with Crippen molar-refractivity contribution >= 4 is 17.5 Å². The van der Waals surface area contributed by atoms with E-state index in [9.17, 15) is 9.59 Å². The highest BCUT2D eigenvalue weighted by molar-refractivity contribution is 5.89. The van der Waals surface area contributed by atoms with Crippen LogP contribution in [0.5, 0.6) is 5.75 Å². The van der Waals surface area contributed by atoms with Crippen LogP contribution < -0.4 is 15.0 Å². The van der Waals surface area contributed by atoms with Gasteiger partial charge in [-0.05, 0) is 37.1 Å². The number of nitrogens with zero attached hydrogens (tertiary/aromatic N) is 3. The van der Waals surface area contributed by atoms with E-state index in [0.717, 1.165) is 43.9 Å². The van der Waals surface area contributed by atoms with E-state index in [1.165, 1.54) is 12.8 Å². The Bertz CT molecular complexity index is 709. The average Bonchev–Trinajstić information content (AvgIpc) is 3.30. The molecule has 2 amide bonds. The summed E-state index contributed by atoms with van der Waals surface area (Å²) < 4.78 is 5.22. The van der Waals surface area contributed by atoms with E-state index in [-0.39, 0.29) is 17.9 Å². The summed E-state index contributed by atoms with van der Waals surface area (Å²) in [6, 6.07) is 8.20. The number of carbonyl (C=O) groups excluding carboxylic acids is 2. The first-order valence-electron chi connectivity index (χ1n) is 10.9. The smallest absolute Gasteiger partial charge is 0.237 e. The number of anilines is 1. The van der Waals surface area contributed by atoms with E-state index in [0.29, 0.717) is 32.1 Å². The molecule has 1 N–H and O–H groups in total. The van der Waals surface area contributed by atoms with Crippen molar-refractivity contribution in [2.75, 3.05) is 51.3 Å². The second-order valence-electron chi connectivity index (χ2n) is 8.25. The van der Waals surface area contributed by atoms with Crippen molar-refractivity contribution < 1.29 is 14.3 Å². The fourth-order valence-electron chi connectivity index (χ4n) is 4.92. The molecule has 0 unspecified atom stereocenters. The molecule has 0 aromatic heterocycles. The molecule has 3 aliphatic rings. The second-order valence-corrected chi connectivity index (χ2v) is 8.25. The lowest BCUT2D eigenvalue weighted by molar-refractivity contribution is -0.140. The van der Waals surface area contributed by atoms with Gasteiger partial charge in [-0.25, -0.2) is 0 Å². The number of benzene rings is 1. The molecule has 1 aliphatic carbocycles.